The van der Waals surface area contributed by atoms with Crippen molar-refractivity contribution in [1.82, 2.24) is 20.2 Å². The van der Waals surface area contributed by atoms with Gasteiger partial charge in [-0.3, -0.25) is 14.8 Å². The number of alkyl halides is 3. The van der Waals surface area contributed by atoms with Crippen LogP contribution in [-0.4, -0.2) is 46.0 Å². The van der Waals surface area contributed by atoms with Crippen molar-refractivity contribution in [2.24, 2.45) is 11.3 Å². The monoisotopic (exact) mass is 514 g/mol. The Morgan fingerprint density at radius 3 is 2.86 bits per heavy atom. The second-order valence-electron chi connectivity index (χ2n) is 11.2. The lowest BCUT2D eigenvalue weighted by Crippen LogP contribution is -2.47. The number of halogens is 3. The van der Waals surface area contributed by atoms with Gasteiger partial charge in [-0.15, -0.1) is 0 Å². The maximum atomic E-state index is 14.0. The molecule has 0 radical (unpaired) electrons. The van der Waals surface area contributed by atoms with Crippen LogP contribution in [0.1, 0.15) is 73.6 Å². The number of carbonyl (C=O) groups is 1. The van der Waals surface area contributed by atoms with E-state index in [9.17, 15) is 18.0 Å². The molecule has 2 aliphatic carbocycles. The molecule has 2 saturated carbocycles. The van der Waals surface area contributed by atoms with Gasteiger partial charge in [-0.25, -0.2) is 0 Å². The molecule has 1 amide bonds. The van der Waals surface area contributed by atoms with E-state index >= 15 is 0 Å². The molecular weight excluding hydrogens is 481 g/mol. The molecule has 1 unspecified atom stereocenters. The fourth-order valence-corrected chi connectivity index (χ4v) is 7.24. The summed E-state index contributed by atoms with van der Waals surface area (Å²) in [5.41, 5.74) is 0.998. The number of hydrogen-bond donors (Lipinski definition) is 1. The molecule has 1 saturated heterocycles. The van der Waals surface area contributed by atoms with Gasteiger partial charge in [0.15, 0.2) is 0 Å². The highest BCUT2D eigenvalue weighted by Gasteiger charge is 2.56. The number of aromatic nitrogens is 2. The number of fused-ring (bicyclic) bond motifs is 2. The zero-order valence-electron chi connectivity index (χ0n) is 20.8. The van der Waals surface area contributed by atoms with Gasteiger partial charge >= 0.3 is 6.18 Å². The van der Waals surface area contributed by atoms with Gasteiger partial charge in [0.05, 0.1) is 16.7 Å². The maximum absolute atomic E-state index is 14.0. The van der Waals surface area contributed by atoms with Crippen molar-refractivity contribution >= 4 is 5.91 Å². The van der Waals surface area contributed by atoms with Crippen LogP contribution in [0.5, 0.6) is 0 Å². The predicted octanol–water partition coefficient (Wildman–Crippen LogP) is 4.84. The smallest absolute Gasteiger partial charge is 0.372 e. The summed E-state index contributed by atoms with van der Waals surface area (Å²) in [6, 6.07) is 7.64. The highest BCUT2D eigenvalue weighted by Crippen LogP contribution is 2.55. The minimum Gasteiger partial charge on any atom is -0.372 e. The number of ether oxygens (including phenoxy) is 1. The highest BCUT2D eigenvalue weighted by molar-refractivity contribution is 5.84. The molecular formula is C28H33F3N4O2. The van der Waals surface area contributed by atoms with Crippen molar-refractivity contribution in [3.05, 3.63) is 59.2 Å². The van der Waals surface area contributed by atoms with Crippen LogP contribution in [0.2, 0.25) is 0 Å². The van der Waals surface area contributed by atoms with E-state index in [1.54, 1.807) is 11.1 Å². The molecule has 4 heterocycles. The minimum absolute atomic E-state index is 0.0208. The summed E-state index contributed by atoms with van der Waals surface area (Å²) in [4.78, 5) is 24.3. The number of rotatable bonds is 4. The summed E-state index contributed by atoms with van der Waals surface area (Å²) in [6.45, 7) is 1.41. The van der Waals surface area contributed by atoms with E-state index in [2.05, 4.69) is 15.3 Å². The molecule has 2 aromatic heterocycles. The Labute approximate surface area is 215 Å². The van der Waals surface area contributed by atoms with Gasteiger partial charge in [0.25, 0.3) is 0 Å². The standard InChI is InChI=1S/C28H33F3N4O2/c29-28(30,31)20-12-18-17-35(10-6-23(18)33-16-20)26(36)27-8-3-4-19(27)13-22(15-27)34-21-7-11-37-25(14-21)24-5-1-2-9-32-24/h1-2,5,9,12,16,19,21-22,25,34H,3-4,6-8,10-11,13-15,17H2/t19-,21+,22?,25-,27-/m1/s1. The van der Waals surface area contributed by atoms with Gasteiger partial charge < -0.3 is 15.0 Å². The Morgan fingerprint density at radius 1 is 1.16 bits per heavy atom. The summed E-state index contributed by atoms with van der Waals surface area (Å²) in [5, 5.41) is 3.85. The molecule has 0 bridgehead atoms. The molecule has 198 valence electrons. The van der Waals surface area contributed by atoms with E-state index in [1.807, 2.05) is 18.2 Å². The Balaban J connectivity index is 1.14. The molecule has 0 aromatic carbocycles. The number of pyridine rings is 2. The van der Waals surface area contributed by atoms with Crippen LogP contribution in [0.25, 0.3) is 0 Å². The van der Waals surface area contributed by atoms with Gasteiger partial charge in [0.2, 0.25) is 5.91 Å². The SMILES string of the molecule is O=C(N1CCc2ncc(C(F)(F)F)cc2C1)[C@@]12CCC[C@@H]1CC(N[C@H]1CCO[C@@H](c3ccccn3)C1)C2. The average Bonchev–Trinajstić information content (AvgIpc) is 3.46. The first kappa shape index (κ1) is 24.8. The van der Waals surface area contributed by atoms with E-state index in [4.69, 9.17) is 4.74 Å². The Kier molecular flexibility index (Phi) is 6.47. The van der Waals surface area contributed by atoms with E-state index in [1.165, 1.54) is 6.07 Å². The fourth-order valence-electron chi connectivity index (χ4n) is 7.24. The summed E-state index contributed by atoms with van der Waals surface area (Å²) >= 11 is 0. The van der Waals surface area contributed by atoms with Crippen molar-refractivity contribution in [1.29, 1.82) is 0 Å². The zero-order chi connectivity index (χ0) is 25.6. The largest absolute Gasteiger partial charge is 0.417 e. The van der Waals surface area contributed by atoms with Gasteiger partial charge in [0.1, 0.15) is 6.10 Å². The van der Waals surface area contributed by atoms with Crippen LogP contribution >= 0.6 is 0 Å². The number of amides is 1. The number of nitrogens with zero attached hydrogens (tertiary/aromatic N) is 3. The summed E-state index contributed by atoms with van der Waals surface area (Å²) in [5.74, 6) is 0.450. The second kappa shape index (κ2) is 9.66. The lowest BCUT2D eigenvalue weighted by atomic mass is 9.78. The topological polar surface area (TPSA) is 67.4 Å². The van der Waals surface area contributed by atoms with E-state index in [0.29, 0.717) is 42.8 Å². The molecule has 3 fully saturated rings. The number of nitrogens with one attached hydrogen (secondary N) is 1. The third kappa shape index (κ3) is 4.76. The molecule has 0 spiro atoms. The predicted molar refractivity (Wildman–Crippen MR) is 130 cm³/mol. The molecule has 6 nitrogen and oxygen atoms in total. The Morgan fingerprint density at radius 2 is 2.05 bits per heavy atom. The van der Waals surface area contributed by atoms with Gasteiger partial charge in [-0.2, -0.15) is 13.2 Å². The molecule has 9 heteroatoms. The maximum Gasteiger partial charge on any atom is 0.417 e. The third-order valence-corrected chi connectivity index (χ3v) is 8.99. The lowest BCUT2D eigenvalue weighted by Gasteiger charge is -2.37. The van der Waals surface area contributed by atoms with Crippen LogP contribution in [0, 0.1) is 11.3 Å². The van der Waals surface area contributed by atoms with Crippen LogP contribution in [0.3, 0.4) is 0 Å². The molecule has 6 rings (SSSR count). The first-order chi connectivity index (χ1) is 17.8. The zero-order valence-corrected chi connectivity index (χ0v) is 20.8. The average molecular weight is 515 g/mol. The number of carbonyl (C=O) groups excluding carboxylic acids is 1. The van der Waals surface area contributed by atoms with Crippen molar-refractivity contribution in [3.63, 3.8) is 0 Å². The summed E-state index contributed by atoms with van der Waals surface area (Å²) < 4.78 is 45.7. The van der Waals surface area contributed by atoms with E-state index < -0.39 is 17.2 Å². The van der Waals surface area contributed by atoms with E-state index in [0.717, 1.165) is 56.8 Å². The van der Waals surface area contributed by atoms with Crippen LogP contribution in [0.4, 0.5) is 13.2 Å². The van der Waals surface area contributed by atoms with Gasteiger partial charge in [-0.1, -0.05) is 12.5 Å². The highest BCUT2D eigenvalue weighted by atomic mass is 19.4. The molecule has 5 atom stereocenters. The normalized spacial score (nSPS) is 31.7. The van der Waals surface area contributed by atoms with Crippen LogP contribution in [-0.2, 0) is 28.7 Å². The Bertz CT molecular complexity index is 1140. The quantitative estimate of drug-likeness (QED) is 0.633. The fraction of sp³-hybridized carbons (Fsp3) is 0.607. The number of hydrogen-bond acceptors (Lipinski definition) is 5. The van der Waals surface area contributed by atoms with Crippen molar-refractivity contribution < 1.29 is 22.7 Å². The minimum atomic E-state index is -4.44. The van der Waals surface area contributed by atoms with Gasteiger partial charge in [0, 0.05) is 56.3 Å². The molecule has 1 N–H and O–H groups in total. The second-order valence-corrected chi connectivity index (χ2v) is 11.2. The lowest BCUT2D eigenvalue weighted by molar-refractivity contribution is -0.144. The first-order valence-corrected chi connectivity index (χ1v) is 13.4. The Hall–Kier alpha value is -2.52. The van der Waals surface area contributed by atoms with Crippen LogP contribution < -0.4 is 5.32 Å². The molecule has 2 aromatic rings. The summed E-state index contributed by atoms with van der Waals surface area (Å²) in [7, 11) is 0. The molecule has 4 aliphatic rings. The van der Waals surface area contributed by atoms with Crippen molar-refractivity contribution in [2.45, 2.75) is 82.3 Å². The van der Waals surface area contributed by atoms with Crippen molar-refractivity contribution in [3.8, 4) is 0 Å². The summed E-state index contributed by atoms with van der Waals surface area (Å²) in [6.07, 6.45) is 5.24. The van der Waals surface area contributed by atoms with Crippen molar-refractivity contribution in [2.75, 3.05) is 13.2 Å². The first-order valence-electron chi connectivity index (χ1n) is 13.4. The van der Waals surface area contributed by atoms with Crippen LogP contribution in [0.15, 0.2) is 36.7 Å². The van der Waals surface area contributed by atoms with Gasteiger partial charge in [-0.05, 0) is 68.2 Å². The van der Waals surface area contributed by atoms with E-state index in [-0.39, 0.29) is 24.6 Å². The molecule has 2 aliphatic heterocycles. The third-order valence-electron chi connectivity index (χ3n) is 8.99. The molecule has 37 heavy (non-hydrogen) atoms.